The van der Waals surface area contributed by atoms with E-state index in [1.807, 2.05) is 6.07 Å². The van der Waals surface area contributed by atoms with Gasteiger partial charge in [0.15, 0.2) is 0 Å². The molecule has 2 aliphatic rings. The first-order valence-electron chi connectivity index (χ1n) is 7.49. The monoisotopic (exact) mass is 304 g/mol. The van der Waals surface area contributed by atoms with E-state index in [1.165, 1.54) is 0 Å². The lowest BCUT2D eigenvalue weighted by molar-refractivity contribution is -0.116. The van der Waals surface area contributed by atoms with Gasteiger partial charge in [-0.25, -0.2) is 0 Å². The number of hydrogen-bond donors (Lipinski definition) is 2. The lowest BCUT2D eigenvalue weighted by Crippen LogP contribution is -2.38. The van der Waals surface area contributed by atoms with Crippen molar-refractivity contribution in [1.82, 2.24) is 4.90 Å². The molecule has 0 aliphatic carbocycles. The van der Waals surface area contributed by atoms with Gasteiger partial charge in [0.2, 0.25) is 5.91 Å². The minimum Gasteiger partial charge on any atom is -0.394 e. The predicted molar refractivity (Wildman–Crippen MR) is 80.7 cm³/mol. The molecule has 2 amide bonds. The van der Waals surface area contributed by atoms with E-state index in [0.717, 1.165) is 11.3 Å². The zero-order valence-corrected chi connectivity index (χ0v) is 12.5. The molecule has 118 valence electrons. The van der Waals surface area contributed by atoms with Crippen LogP contribution in [-0.2, 0) is 16.0 Å². The molecule has 1 aromatic rings. The van der Waals surface area contributed by atoms with Gasteiger partial charge in [0, 0.05) is 31.3 Å². The molecule has 0 unspecified atom stereocenters. The predicted octanol–water partition coefficient (Wildman–Crippen LogP) is 0.793. The van der Waals surface area contributed by atoms with Crippen molar-refractivity contribution in [2.45, 2.75) is 31.4 Å². The molecule has 1 fully saturated rings. The number of carbonyl (C=O) groups excluding carboxylic acids is 2. The summed E-state index contributed by atoms with van der Waals surface area (Å²) in [5, 5.41) is 12.3. The lowest BCUT2D eigenvalue weighted by Gasteiger charge is -2.24. The van der Waals surface area contributed by atoms with Crippen LogP contribution in [-0.4, -0.2) is 54.2 Å². The first-order chi connectivity index (χ1) is 10.6. The van der Waals surface area contributed by atoms with Gasteiger partial charge < -0.3 is 20.1 Å². The average molecular weight is 304 g/mol. The number of ether oxygens (including phenoxy) is 1. The molecule has 1 saturated heterocycles. The van der Waals surface area contributed by atoms with E-state index in [9.17, 15) is 14.7 Å². The number of aliphatic hydroxyl groups is 1. The minimum atomic E-state index is -0.201. The van der Waals surface area contributed by atoms with E-state index in [1.54, 1.807) is 24.1 Å². The number of rotatable bonds is 3. The highest BCUT2D eigenvalue weighted by Gasteiger charge is 2.35. The molecule has 0 saturated carbocycles. The highest BCUT2D eigenvalue weighted by Crippen LogP contribution is 2.26. The summed E-state index contributed by atoms with van der Waals surface area (Å²) >= 11 is 0. The topological polar surface area (TPSA) is 78.9 Å². The third-order valence-corrected chi connectivity index (χ3v) is 4.43. The maximum Gasteiger partial charge on any atom is 0.254 e. The van der Waals surface area contributed by atoms with Crippen molar-refractivity contribution < 1.29 is 19.4 Å². The van der Waals surface area contributed by atoms with Crippen LogP contribution in [0.5, 0.6) is 0 Å². The second-order valence-electron chi connectivity index (χ2n) is 5.81. The van der Waals surface area contributed by atoms with Gasteiger partial charge in [-0.15, -0.1) is 0 Å². The Morgan fingerprint density at radius 2 is 2.27 bits per heavy atom. The van der Waals surface area contributed by atoms with Crippen molar-refractivity contribution in [2.75, 3.05) is 25.6 Å². The zero-order valence-electron chi connectivity index (χ0n) is 12.5. The molecule has 6 heteroatoms. The van der Waals surface area contributed by atoms with Gasteiger partial charge in [-0.1, -0.05) is 0 Å². The van der Waals surface area contributed by atoms with Gasteiger partial charge in [-0.2, -0.15) is 0 Å². The third kappa shape index (κ3) is 2.71. The van der Waals surface area contributed by atoms with Crippen molar-refractivity contribution >= 4 is 17.5 Å². The molecule has 0 bridgehead atoms. The highest BCUT2D eigenvalue weighted by molar-refractivity contribution is 5.98. The normalized spacial score (nSPS) is 24.1. The first-order valence-corrected chi connectivity index (χ1v) is 7.49. The van der Waals surface area contributed by atoms with Crippen LogP contribution in [0, 0.1) is 0 Å². The van der Waals surface area contributed by atoms with E-state index < -0.39 is 0 Å². The summed E-state index contributed by atoms with van der Waals surface area (Å²) in [4.78, 5) is 25.8. The van der Waals surface area contributed by atoms with Crippen LogP contribution in [0.4, 0.5) is 5.69 Å². The Labute approximate surface area is 129 Å². The molecular formula is C16H20N2O4. The number of hydrogen-bond acceptors (Lipinski definition) is 4. The Hall–Kier alpha value is -1.92. The molecule has 0 radical (unpaired) electrons. The number of amides is 2. The summed E-state index contributed by atoms with van der Waals surface area (Å²) in [6.45, 7) is 0.432. The number of nitrogens with zero attached hydrogens (tertiary/aromatic N) is 1. The minimum absolute atomic E-state index is 0.00870. The van der Waals surface area contributed by atoms with Crippen LogP contribution in [0.1, 0.15) is 28.8 Å². The highest BCUT2D eigenvalue weighted by atomic mass is 16.5. The maximum atomic E-state index is 12.7. The summed E-state index contributed by atoms with van der Waals surface area (Å²) in [6, 6.07) is 5.14. The largest absolute Gasteiger partial charge is 0.394 e. The zero-order chi connectivity index (χ0) is 15.7. The lowest BCUT2D eigenvalue weighted by atomic mass is 10.00. The third-order valence-electron chi connectivity index (χ3n) is 4.43. The smallest absolute Gasteiger partial charge is 0.254 e. The molecule has 2 heterocycles. The van der Waals surface area contributed by atoms with Gasteiger partial charge in [0.25, 0.3) is 5.91 Å². The quantitative estimate of drug-likeness (QED) is 0.865. The van der Waals surface area contributed by atoms with E-state index >= 15 is 0 Å². The summed E-state index contributed by atoms with van der Waals surface area (Å²) < 4.78 is 5.31. The van der Waals surface area contributed by atoms with Gasteiger partial charge in [-0.05, 0) is 36.6 Å². The molecular weight excluding hydrogens is 284 g/mol. The van der Waals surface area contributed by atoms with Crippen LogP contribution in [0.15, 0.2) is 18.2 Å². The summed E-state index contributed by atoms with van der Waals surface area (Å²) in [7, 11) is 1.62. The van der Waals surface area contributed by atoms with Gasteiger partial charge in [0.1, 0.15) is 0 Å². The number of methoxy groups -OCH3 is 1. The molecule has 0 spiro atoms. The molecule has 0 aromatic heterocycles. The number of likely N-dealkylation sites (tertiary alicyclic amines) is 1. The Morgan fingerprint density at radius 3 is 3.00 bits per heavy atom. The van der Waals surface area contributed by atoms with E-state index in [0.29, 0.717) is 31.4 Å². The Balaban J connectivity index is 1.82. The van der Waals surface area contributed by atoms with Crippen molar-refractivity contribution in [1.29, 1.82) is 0 Å². The van der Waals surface area contributed by atoms with Crippen LogP contribution in [0.2, 0.25) is 0 Å². The number of nitrogens with one attached hydrogen (secondary N) is 1. The van der Waals surface area contributed by atoms with Crippen LogP contribution >= 0.6 is 0 Å². The summed E-state index contributed by atoms with van der Waals surface area (Å²) in [5.74, 6) is -0.0901. The molecule has 22 heavy (non-hydrogen) atoms. The molecule has 6 nitrogen and oxygen atoms in total. The van der Waals surface area contributed by atoms with Crippen molar-refractivity contribution in [3.8, 4) is 0 Å². The molecule has 2 N–H and O–H groups in total. The molecule has 1 aromatic carbocycles. The average Bonchev–Trinajstić information content (AvgIpc) is 2.97. The van der Waals surface area contributed by atoms with E-state index in [2.05, 4.69) is 5.32 Å². The van der Waals surface area contributed by atoms with Crippen LogP contribution in [0.25, 0.3) is 0 Å². The molecule has 2 atom stereocenters. The van der Waals surface area contributed by atoms with E-state index in [-0.39, 0.29) is 30.6 Å². The second kappa shape index (κ2) is 6.06. The molecule has 2 aliphatic heterocycles. The fourth-order valence-electron chi connectivity index (χ4n) is 3.15. The SMILES string of the molecule is CO[C@@H]1C[C@@H](CO)N(C(=O)c2ccc3c(c2)CCC(=O)N3)C1. The number of anilines is 1. The van der Waals surface area contributed by atoms with Crippen LogP contribution in [0.3, 0.4) is 0 Å². The molecule has 3 rings (SSSR count). The fourth-order valence-corrected chi connectivity index (χ4v) is 3.15. The summed E-state index contributed by atoms with van der Waals surface area (Å²) in [6.07, 6.45) is 1.71. The van der Waals surface area contributed by atoms with Gasteiger partial charge in [0.05, 0.1) is 18.8 Å². The summed E-state index contributed by atoms with van der Waals surface area (Å²) in [5.41, 5.74) is 2.35. The number of benzene rings is 1. The Bertz CT molecular complexity index is 602. The number of aryl methyl sites for hydroxylation is 1. The Morgan fingerprint density at radius 1 is 1.45 bits per heavy atom. The standard InChI is InChI=1S/C16H20N2O4/c1-22-13-7-12(9-19)18(8-13)16(21)11-2-4-14-10(6-11)3-5-15(20)17-14/h2,4,6,12-13,19H,3,5,7-9H2,1H3,(H,17,20)/t12-,13+/m0/s1. The van der Waals surface area contributed by atoms with Crippen molar-refractivity contribution in [2.24, 2.45) is 0 Å². The fraction of sp³-hybridized carbons (Fsp3) is 0.500. The maximum absolute atomic E-state index is 12.7. The number of aliphatic hydroxyl groups excluding tert-OH is 1. The Kier molecular flexibility index (Phi) is 4.13. The number of fused-ring (bicyclic) bond motifs is 1. The first kappa shape index (κ1) is 15.0. The van der Waals surface area contributed by atoms with Crippen molar-refractivity contribution in [3.05, 3.63) is 29.3 Å². The second-order valence-corrected chi connectivity index (χ2v) is 5.81. The van der Waals surface area contributed by atoms with Gasteiger partial charge in [-0.3, -0.25) is 9.59 Å². The number of carbonyl (C=O) groups is 2. The van der Waals surface area contributed by atoms with Crippen molar-refractivity contribution in [3.63, 3.8) is 0 Å². The van der Waals surface area contributed by atoms with Gasteiger partial charge >= 0.3 is 0 Å². The van der Waals surface area contributed by atoms with Crippen LogP contribution < -0.4 is 5.32 Å². The van der Waals surface area contributed by atoms with E-state index in [4.69, 9.17) is 4.74 Å².